The monoisotopic (exact) mass is 460 g/mol. The number of fused-ring (bicyclic) bond motifs is 1. The largest absolute Gasteiger partial charge is 0.534 e. The molecular weight excluding hydrogens is 437 g/mol. The number of benzene rings is 1. The summed E-state index contributed by atoms with van der Waals surface area (Å²) in [7, 11) is -4.42. The molecule has 31 heavy (non-hydrogen) atoms. The number of piperidine rings is 1. The maximum Gasteiger partial charge on any atom is 0.534 e. The zero-order chi connectivity index (χ0) is 23.1. The van der Waals surface area contributed by atoms with Gasteiger partial charge in [-0.05, 0) is 49.4 Å². The summed E-state index contributed by atoms with van der Waals surface area (Å²) >= 11 is 0. The summed E-state index contributed by atoms with van der Waals surface area (Å²) in [5.41, 5.74) is -4.87. The average Bonchev–Trinajstić information content (AvgIpc) is 2.71. The van der Waals surface area contributed by atoms with E-state index in [1.165, 1.54) is 30.7 Å². The van der Waals surface area contributed by atoms with E-state index >= 15 is 0 Å². The molecule has 0 unspecified atom stereocenters. The molecule has 0 radical (unpaired) electrons. The van der Waals surface area contributed by atoms with Crippen LogP contribution in [-0.4, -0.2) is 42.4 Å². The highest BCUT2D eigenvalue weighted by Gasteiger charge is 2.48. The van der Waals surface area contributed by atoms with Crippen LogP contribution in [0.15, 0.2) is 23.0 Å². The molecule has 11 heteroatoms. The number of carbonyl (C=O) groups excluding carboxylic acids is 1. The molecule has 2 heterocycles. The lowest BCUT2D eigenvalue weighted by molar-refractivity contribution is -0.131. The van der Waals surface area contributed by atoms with E-state index in [1.807, 2.05) is 0 Å². The van der Waals surface area contributed by atoms with Gasteiger partial charge in [0.25, 0.3) is 5.56 Å². The summed E-state index contributed by atoms with van der Waals surface area (Å²) in [5, 5.41) is 0.0924. The molecule has 1 fully saturated rings. The molecule has 0 saturated carbocycles. The second-order valence-corrected chi connectivity index (χ2v) is 9.17. The number of pyridine rings is 1. The number of hydrogen-bond acceptors (Lipinski definition) is 5. The summed E-state index contributed by atoms with van der Waals surface area (Å²) in [6.07, 6.45) is 1.50. The van der Waals surface area contributed by atoms with Crippen molar-refractivity contribution < 1.29 is 30.6 Å². The highest BCUT2D eigenvalue weighted by molar-refractivity contribution is 7.88. The molecule has 0 atom stereocenters. The van der Waals surface area contributed by atoms with Crippen LogP contribution in [0.25, 0.3) is 10.9 Å². The van der Waals surface area contributed by atoms with E-state index in [1.54, 1.807) is 17.9 Å². The molecule has 1 aliphatic rings. The van der Waals surface area contributed by atoms with Crippen molar-refractivity contribution in [1.82, 2.24) is 9.47 Å². The topological polar surface area (TPSA) is 85.7 Å². The SMILES string of the molecule is CCC(=O)N1CCC(c2cc(OS(=O)(=O)C(F)(F)F)c3cc(C)c(=O)n(C)c3c2)CC1. The first-order valence-corrected chi connectivity index (χ1v) is 11.2. The van der Waals surface area contributed by atoms with Crippen LogP contribution < -0.4 is 9.74 Å². The number of alkyl halides is 3. The fourth-order valence-electron chi connectivity index (χ4n) is 3.86. The minimum Gasteiger partial charge on any atom is -0.375 e. The highest BCUT2D eigenvalue weighted by Crippen LogP contribution is 2.37. The van der Waals surface area contributed by atoms with Gasteiger partial charge < -0.3 is 13.7 Å². The Bertz CT molecular complexity index is 1180. The first kappa shape index (κ1) is 23.1. The third kappa shape index (κ3) is 4.41. The highest BCUT2D eigenvalue weighted by atomic mass is 32.2. The maximum atomic E-state index is 12.9. The molecule has 0 spiro atoms. The molecule has 170 valence electrons. The minimum absolute atomic E-state index is 0.0233. The van der Waals surface area contributed by atoms with E-state index < -0.39 is 21.4 Å². The molecule has 1 saturated heterocycles. The predicted molar refractivity (Wildman–Crippen MR) is 108 cm³/mol. The second kappa shape index (κ2) is 8.18. The first-order chi connectivity index (χ1) is 14.4. The molecular formula is C20H23F3N2O5S. The lowest BCUT2D eigenvalue weighted by Gasteiger charge is -2.32. The standard InChI is InChI=1S/C20H23F3N2O5S/c1-4-18(26)25-7-5-13(6-8-25)14-10-16-15(9-12(2)19(27)24(16)3)17(11-14)30-31(28,29)20(21,22)23/h9-11,13H,4-8H2,1-3H3. The van der Waals surface area contributed by atoms with E-state index in [4.69, 9.17) is 0 Å². The Morgan fingerprint density at radius 2 is 1.81 bits per heavy atom. The van der Waals surface area contributed by atoms with Gasteiger partial charge in [-0.25, -0.2) is 0 Å². The number of aryl methyl sites for hydroxylation is 2. The Labute approximate surface area is 177 Å². The summed E-state index contributed by atoms with van der Waals surface area (Å²) in [5.74, 6) is -0.580. The molecule has 3 rings (SSSR count). The average molecular weight is 460 g/mol. The van der Waals surface area contributed by atoms with Gasteiger partial charge in [-0.1, -0.05) is 6.92 Å². The van der Waals surface area contributed by atoms with Crippen molar-refractivity contribution in [2.75, 3.05) is 13.1 Å². The third-order valence-electron chi connectivity index (χ3n) is 5.61. The zero-order valence-electron chi connectivity index (χ0n) is 17.3. The molecule has 0 bridgehead atoms. The van der Waals surface area contributed by atoms with Gasteiger partial charge in [-0.2, -0.15) is 21.6 Å². The number of rotatable bonds is 4. The third-order valence-corrected chi connectivity index (χ3v) is 6.58. The second-order valence-electron chi connectivity index (χ2n) is 7.64. The van der Waals surface area contributed by atoms with E-state index in [9.17, 15) is 31.2 Å². The lowest BCUT2D eigenvalue weighted by atomic mass is 9.88. The lowest BCUT2D eigenvalue weighted by Crippen LogP contribution is -2.37. The van der Waals surface area contributed by atoms with Crippen LogP contribution in [0.2, 0.25) is 0 Å². The smallest absolute Gasteiger partial charge is 0.375 e. The van der Waals surface area contributed by atoms with Crippen molar-refractivity contribution in [1.29, 1.82) is 0 Å². The van der Waals surface area contributed by atoms with Crippen molar-refractivity contribution in [3.05, 3.63) is 39.7 Å². The van der Waals surface area contributed by atoms with Crippen LogP contribution in [0.3, 0.4) is 0 Å². The Hall–Kier alpha value is -2.56. The molecule has 1 aromatic carbocycles. The number of amides is 1. The fourth-order valence-corrected chi connectivity index (χ4v) is 4.33. The number of hydrogen-bond donors (Lipinski definition) is 0. The van der Waals surface area contributed by atoms with Gasteiger partial charge >= 0.3 is 15.6 Å². The summed E-state index contributed by atoms with van der Waals surface area (Å²) in [4.78, 5) is 26.0. The van der Waals surface area contributed by atoms with Gasteiger partial charge in [-0.15, -0.1) is 0 Å². The Kier molecular flexibility index (Phi) is 6.09. The van der Waals surface area contributed by atoms with Crippen molar-refractivity contribution in [3.8, 4) is 5.75 Å². The number of carbonyl (C=O) groups is 1. The van der Waals surface area contributed by atoms with E-state index in [0.717, 1.165) is 0 Å². The number of nitrogens with zero attached hydrogens (tertiary/aromatic N) is 2. The molecule has 2 aromatic rings. The van der Waals surface area contributed by atoms with E-state index in [-0.39, 0.29) is 33.9 Å². The van der Waals surface area contributed by atoms with Crippen molar-refractivity contribution in [2.24, 2.45) is 7.05 Å². The Balaban J connectivity index is 2.10. The van der Waals surface area contributed by atoms with Gasteiger partial charge in [0, 0.05) is 37.5 Å². The van der Waals surface area contributed by atoms with Crippen molar-refractivity contribution >= 4 is 26.9 Å². The number of halogens is 3. The van der Waals surface area contributed by atoms with Gasteiger partial charge in [0.1, 0.15) is 0 Å². The van der Waals surface area contributed by atoms with Crippen LogP contribution in [0, 0.1) is 6.92 Å². The van der Waals surface area contributed by atoms with Crippen LogP contribution in [0.1, 0.15) is 43.2 Å². The molecule has 1 aromatic heterocycles. The van der Waals surface area contributed by atoms with E-state index in [2.05, 4.69) is 4.18 Å². The zero-order valence-corrected chi connectivity index (χ0v) is 18.1. The number of aromatic nitrogens is 1. The van der Waals surface area contributed by atoms with E-state index in [0.29, 0.717) is 37.9 Å². The Morgan fingerprint density at radius 1 is 1.19 bits per heavy atom. The van der Waals surface area contributed by atoms with Crippen LogP contribution in [0.4, 0.5) is 13.2 Å². The molecule has 1 aliphatic heterocycles. The summed E-state index contributed by atoms with van der Waals surface area (Å²) < 4.78 is 68.0. The quantitative estimate of drug-likeness (QED) is 0.517. The van der Waals surface area contributed by atoms with Gasteiger partial charge in [0.15, 0.2) is 5.75 Å². The first-order valence-electron chi connectivity index (χ1n) is 9.78. The Morgan fingerprint density at radius 3 is 2.35 bits per heavy atom. The fraction of sp³-hybridized carbons (Fsp3) is 0.500. The van der Waals surface area contributed by atoms with Gasteiger partial charge in [-0.3, -0.25) is 9.59 Å². The van der Waals surface area contributed by atoms with Crippen LogP contribution >= 0.6 is 0 Å². The molecule has 7 nitrogen and oxygen atoms in total. The van der Waals surface area contributed by atoms with Crippen molar-refractivity contribution in [2.45, 2.75) is 44.5 Å². The van der Waals surface area contributed by atoms with Gasteiger partial charge in [0.05, 0.1) is 5.52 Å². The number of likely N-dealkylation sites (tertiary alicyclic amines) is 1. The maximum absolute atomic E-state index is 12.9. The van der Waals surface area contributed by atoms with Crippen LogP contribution in [0.5, 0.6) is 5.75 Å². The minimum atomic E-state index is -5.89. The molecule has 1 amide bonds. The van der Waals surface area contributed by atoms with Crippen LogP contribution in [-0.2, 0) is 22.0 Å². The normalized spacial score (nSPS) is 16.0. The summed E-state index contributed by atoms with van der Waals surface area (Å²) in [6, 6.07) is 4.29. The summed E-state index contributed by atoms with van der Waals surface area (Å²) in [6.45, 7) is 4.22. The van der Waals surface area contributed by atoms with Crippen molar-refractivity contribution in [3.63, 3.8) is 0 Å². The molecule has 0 aliphatic carbocycles. The molecule has 0 N–H and O–H groups in total. The predicted octanol–water partition coefficient (Wildman–Crippen LogP) is 3.19. The van der Waals surface area contributed by atoms with Gasteiger partial charge in [0.2, 0.25) is 5.91 Å².